The average molecular weight is 327 g/mol. The third kappa shape index (κ3) is 3.65. The Hall–Kier alpha value is -2.61. The van der Waals surface area contributed by atoms with Gasteiger partial charge in [0.2, 0.25) is 0 Å². The zero-order valence-electron chi connectivity index (χ0n) is 14.1. The molecule has 1 aliphatic rings. The minimum absolute atomic E-state index is 0.140. The minimum Gasteiger partial charge on any atom is -0.461 e. The Morgan fingerprint density at radius 1 is 1.33 bits per heavy atom. The first-order valence-electron chi connectivity index (χ1n) is 7.75. The molecule has 1 aromatic rings. The number of ether oxygens (including phenoxy) is 2. The van der Waals surface area contributed by atoms with Gasteiger partial charge in [0.15, 0.2) is 0 Å². The lowest BCUT2D eigenvalue weighted by molar-refractivity contribution is -0.150. The van der Waals surface area contributed by atoms with Crippen molar-refractivity contribution < 1.29 is 19.1 Å². The molecule has 0 N–H and O–H groups in total. The van der Waals surface area contributed by atoms with Gasteiger partial charge in [-0.1, -0.05) is 50.8 Å². The Bertz CT molecular complexity index is 687. The van der Waals surface area contributed by atoms with E-state index in [0.717, 1.165) is 5.56 Å². The van der Waals surface area contributed by atoms with Crippen LogP contribution in [0.15, 0.2) is 42.5 Å². The van der Waals surface area contributed by atoms with Crippen LogP contribution >= 0.6 is 0 Å². The van der Waals surface area contributed by atoms with Gasteiger partial charge >= 0.3 is 11.9 Å². The Kier molecular flexibility index (Phi) is 5.08. The van der Waals surface area contributed by atoms with Crippen LogP contribution in [0.3, 0.4) is 0 Å². The maximum atomic E-state index is 12.4. The highest BCUT2D eigenvalue weighted by Gasteiger charge is 2.67. The predicted octanol–water partition coefficient (Wildman–Crippen LogP) is 3.01. The van der Waals surface area contributed by atoms with Crippen molar-refractivity contribution in [2.75, 3.05) is 0 Å². The minimum atomic E-state index is -0.795. The van der Waals surface area contributed by atoms with Crippen LogP contribution in [0.4, 0.5) is 0 Å². The smallest absolute Gasteiger partial charge is 0.310 e. The van der Waals surface area contributed by atoms with Crippen LogP contribution in [0, 0.1) is 28.6 Å². The molecule has 0 spiro atoms. The van der Waals surface area contributed by atoms with E-state index in [1.807, 2.05) is 50.2 Å². The molecule has 2 rings (SSSR count). The summed E-state index contributed by atoms with van der Waals surface area (Å²) < 4.78 is 10.6. The number of benzene rings is 1. The van der Waals surface area contributed by atoms with E-state index in [4.69, 9.17) is 14.7 Å². The molecule has 1 aliphatic carbocycles. The summed E-state index contributed by atoms with van der Waals surface area (Å²) >= 11 is 0. The Balaban J connectivity index is 2.07. The number of esters is 2. The van der Waals surface area contributed by atoms with Crippen LogP contribution in [-0.2, 0) is 25.7 Å². The first-order valence-corrected chi connectivity index (χ1v) is 7.75. The molecule has 0 radical (unpaired) electrons. The largest absolute Gasteiger partial charge is 0.461 e. The lowest BCUT2D eigenvalue weighted by Gasteiger charge is -2.16. The molecule has 3 atom stereocenters. The van der Waals surface area contributed by atoms with E-state index in [2.05, 4.69) is 6.58 Å². The number of nitriles is 1. The summed E-state index contributed by atoms with van der Waals surface area (Å²) in [6.07, 6.45) is -0.795. The highest BCUT2D eigenvalue weighted by atomic mass is 16.5. The van der Waals surface area contributed by atoms with Gasteiger partial charge in [-0.25, -0.2) is 0 Å². The molecule has 0 saturated heterocycles. The number of carbonyl (C=O) groups is 2. The number of carbonyl (C=O) groups excluding carboxylic acids is 2. The van der Waals surface area contributed by atoms with Crippen molar-refractivity contribution in [1.29, 1.82) is 5.26 Å². The average Bonchev–Trinajstić information content (AvgIpc) is 3.12. The van der Waals surface area contributed by atoms with Crippen LogP contribution in [0.1, 0.15) is 26.3 Å². The lowest BCUT2D eigenvalue weighted by Crippen LogP contribution is -2.23. The Morgan fingerprint density at radius 3 is 2.50 bits per heavy atom. The van der Waals surface area contributed by atoms with Gasteiger partial charge in [-0.3, -0.25) is 9.59 Å². The summed E-state index contributed by atoms with van der Waals surface area (Å²) in [4.78, 5) is 23.7. The van der Waals surface area contributed by atoms with Gasteiger partial charge in [-0.05, 0) is 11.0 Å². The molecular formula is C19H21NO4. The van der Waals surface area contributed by atoms with E-state index in [0.29, 0.717) is 0 Å². The van der Waals surface area contributed by atoms with Crippen LogP contribution in [0.5, 0.6) is 0 Å². The van der Waals surface area contributed by atoms with E-state index in [-0.39, 0.29) is 24.1 Å². The molecule has 0 bridgehead atoms. The van der Waals surface area contributed by atoms with Gasteiger partial charge in [0.1, 0.15) is 12.7 Å². The summed E-state index contributed by atoms with van der Waals surface area (Å²) in [5.74, 6) is -1.60. The standard InChI is InChI=1S/C19H21NO4/c1-12(10-20)17(24-13(2)21)15-16(19(15,3)4)18(22)23-11-14-8-6-5-7-9-14/h5-9,15-17H,1,11H2,2-4H3. The number of nitrogens with zero attached hydrogens (tertiary/aromatic N) is 1. The molecule has 5 nitrogen and oxygen atoms in total. The fourth-order valence-corrected chi connectivity index (χ4v) is 3.11. The highest BCUT2D eigenvalue weighted by Crippen LogP contribution is 2.62. The summed E-state index contributed by atoms with van der Waals surface area (Å²) in [5.41, 5.74) is 0.619. The molecule has 5 heteroatoms. The summed E-state index contributed by atoms with van der Waals surface area (Å²) in [6, 6.07) is 11.3. The second-order valence-electron chi connectivity index (χ2n) is 6.59. The van der Waals surface area contributed by atoms with E-state index in [9.17, 15) is 9.59 Å². The molecule has 24 heavy (non-hydrogen) atoms. The topological polar surface area (TPSA) is 76.4 Å². The molecule has 0 heterocycles. The molecule has 126 valence electrons. The Morgan fingerprint density at radius 2 is 1.96 bits per heavy atom. The van der Waals surface area contributed by atoms with Crippen LogP contribution in [-0.4, -0.2) is 18.0 Å². The Labute approximate surface area is 141 Å². The van der Waals surface area contributed by atoms with Crippen molar-refractivity contribution in [2.45, 2.75) is 33.5 Å². The summed E-state index contributed by atoms with van der Waals surface area (Å²) in [6.45, 7) is 8.91. The number of hydrogen-bond donors (Lipinski definition) is 0. The van der Waals surface area contributed by atoms with Crippen LogP contribution in [0.2, 0.25) is 0 Å². The molecule has 1 aromatic carbocycles. The second kappa shape index (κ2) is 6.88. The van der Waals surface area contributed by atoms with E-state index in [1.54, 1.807) is 0 Å². The van der Waals surface area contributed by atoms with Crippen molar-refractivity contribution in [2.24, 2.45) is 17.3 Å². The molecular weight excluding hydrogens is 306 g/mol. The molecule has 3 unspecified atom stereocenters. The second-order valence-corrected chi connectivity index (χ2v) is 6.59. The third-order valence-corrected chi connectivity index (χ3v) is 4.49. The van der Waals surface area contributed by atoms with Gasteiger partial charge in [0.25, 0.3) is 0 Å². The maximum Gasteiger partial charge on any atom is 0.310 e. The zero-order valence-corrected chi connectivity index (χ0v) is 14.1. The number of hydrogen-bond acceptors (Lipinski definition) is 5. The van der Waals surface area contributed by atoms with Crippen LogP contribution in [0.25, 0.3) is 0 Å². The zero-order chi connectivity index (χ0) is 17.9. The summed E-state index contributed by atoms with van der Waals surface area (Å²) in [7, 11) is 0. The lowest BCUT2D eigenvalue weighted by atomic mass is 10.0. The molecule has 0 amide bonds. The van der Waals surface area contributed by atoms with Gasteiger partial charge in [-0.15, -0.1) is 0 Å². The SMILES string of the molecule is C=C(C#N)C(OC(C)=O)C1C(C(=O)OCc2ccccc2)C1(C)C. The quantitative estimate of drug-likeness (QED) is 0.593. The predicted molar refractivity (Wildman–Crippen MR) is 87.3 cm³/mol. The van der Waals surface area contributed by atoms with Gasteiger partial charge < -0.3 is 9.47 Å². The molecule has 1 fully saturated rings. The van der Waals surface area contributed by atoms with Crippen molar-refractivity contribution in [1.82, 2.24) is 0 Å². The first-order chi connectivity index (χ1) is 11.3. The molecule has 0 aliphatic heterocycles. The maximum absolute atomic E-state index is 12.4. The van der Waals surface area contributed by atoms with Gasteiger partial charge in [0.05, 0.1) is 17.6 Å². The number of rotatable bonds is 6. The van der Waals surface area contributed by atoms with Gasteiger partial charge in [-0.2, -0.15) is 5.26 Å². The normalized spacial score (nSPS) is 21.9. The van der Waals surface area contributed by atoms with Crippen molar-refractivity contribution >= 4 is 11.9 Å². The monoisotopic (exact) mass is 327 g/mol. The van der Waals surface area contributed by atoms with E-state index >= 15 is 0 Å². The van der Waals surface area contributed by atoms with Crippen molar-refractivity contribution in [3.8, 4) is 6.07 Å². The van der Waals surface area contributed by atoms with E-state index < -0.39 is 23.4 Å². The summed E-state index contributed by atoms with van der Waals surface area (Å²) in [5, 5.41) is 9.08. The molecule has 1 saturated carbocycles. The van der Waals surface area contributed by atoms with Crippen molar-refractivity contribution in [3.05, 3.63) is 48.0 Å². The van der Waals surface area contributed by atoms with E-state index in [1.165, 1.54) is 6.92 Å². The van der Waals surface area contributed by atoms with Crippen LogP contribution < -0.4 is 0 Å². The molecule has 0 aromatic heterocycles. The third-order valence-electron chi connectivity index (χ3n) is 4.49. The highest BCUT2D eigenvalue weighted by molar-refractivity contribution is 5.78. The fourth-order valence-electron chi connectivity index (χ4n) is 3.11. The fraction of sp³-hybridized carbons (Fsp3) is 0.421. The first kappa shape index (κ1) is 17.7. The van der Waals surface area contributed by atoms with Crippen molar-refractivity contribution in [3.63, 3.8) is 0 Å². The van der Waals surface area contributed by atoms with Gasteiger partial charge in [0, 0.05) is 12.8 Å².